The molecule has 2 saturated heterocycles. The van der Waals surface area contributed by atoms with E-state index in [0.717, 1.165) is 76.0 Å². The number of benzene rings is 1. The molecule has 3 amide bonds. The van der Waals surface area contributed by atoms with E-state index in [0.29, 0.717) is 12.6 Å². The number of methoxy groups -OCH3 is 2. The zero-order valence-corrected chi connectivity index (χ0v) is 19.7. The molecule has 7 nitrogen and oxygen atoms in total. The standard InChI is InChI=1S/C25H37N3O4/c1-18-6-4-5-11-25(18)23(29)28(24(30)26-25)17-27-12-9-19(10-13-27)7-8-20-14-21(31-2)16-22(15-20)32-3/h14-16,18-19H,4-13,17H2,1-3H3,(H,26,30)/t18-,25+/m0/s1. The number of aryl methyl sites for hydroxylation is 1. The number of amides is 3. The van der Waals surface area contributed by atoms with Gasteiger partial charge in [0.25, 0.3) is 5.91 Å². The Hall–Kier alpha value is -2.28. The van der Waals surface area contributed by atoms with Crippen LogP contribution in [0.5, 0.6) is 11.5 Å². The van der Waals surface area contributed by atoms with Gasteiger partial charge in [0.2, 0.25) is 0 Å². The van der Waals surface area contributed by atoms with Gasteiger partial charge in [-0.15, -0.1) is 0 Å². The van der Waals surface area contributed by atoms with Gasteiger partial charge in [0, 0.05) is 19.2 Å². The fraction of sp³-hybridized carbons (Fsp3) is 0.680. The number of carbonyl (C=O) groups is 2. The van der Waals surface area contributed by atoms with Crippen molar-refractivity contribution in [1.29, 1.82) is 0 Å². The smallest absolute Gasteiger partial charge is 0.326 e. The Bertz CT molecular complexity index is 814. The minimum absolute atomic E-state index is 0.0104. The molecule has 1 saturated carbocycles. The second-order valence-electron chi connectivity index (χ2n) is 9.74. The molecule has 1 aromatic rings. The number of urea groups is 1. The van der Waals surface area contributed by atoms with Crippen molar-refractivity contribution in [2.75, 3.05) is 34.0 Å². The maximum absolute atomic E-state index is 13.2. The first-order valence-corrected chi connectivity index (χ1v) is 12.0. The van der Waals surface area contributed by atoms with Crippen LogP contribution in [0.15, 0.2) is 18.2 Å². The third-order valence-electron chi connectivity index (χ3n) is 7.80. The Labute approximate surface area is 191 Å². The van der Waals surface area contributed by atoms with Gasteiger partial charge in [-0.1, -0.05) is 19.8 Å². The van der Waals surface area contributed by atoms with Gasteiger partial charge in [-0.05, 0) is 68.1 Å². The highest BCUT2D eigenvalue weighted by atomic mass is 16.5. The number of hydrogen-bond acceptors (Lipinski definition) is 5. The van der Waals surface area contributed by atoms with Gasteiger partial charge >= 0.3 is 6.03 Å². The molecule has 4 rings (SSSR count). The highest BCUT2D eigenvalue weighted by Gasteiger charge is 2.55. The molecule has 1 aliphatic carbocycles. The number of likely N-dealkylation sites (tertiary alicyclic amines) is 1. The minimum atomic E-state index is -0.661. The van der Waals surface area contributed by atoms with Crippen LogP contribution < -0.4 is 14.8 Å². The van der Waals surface area contributed by atoms with Gasteiger partial charge in [-0.3, -0.25) is 9.69 Å². The topological polar surface area (TPSA) is 71.1 Å². The Morgan fingerprint density at radius 2 is 1.72 bits per heavy atom. The largest absolute Gasteiger partial charge is 0.497 e. The molecule has 1 N–H and O–H groups in total. The molecule has 0 bridgehead atoms. The van der Waals surface area contributed by atoms with Crippen molar-refractivity contribution in [2.24, 2.45) is 11.8 Å². The van der Waals surface area contributed by atoms with Crippen LogP contribution in [0.4, 0.5) is 4.79 Å². The van der Waals surface area contributed by atoms with Crippen molar-refractivity contribution in [2.45, 2.75) is 63.8 Å². The van der Waals surface area contributed by atoms with Gasteiger partial charge in [0.15, 0.2) is 0 Å². The lowest BCUT2D eigenvalue weighted by molar-refractivity contribution is -0.135. The third-order valence-corrected chi connectivity index (χ3v) is 7.80. The summed E-state index contributed by atoms with van der Waals surface area (Å²) in [4.78, 5) is 29.6. The predicted molar refractivity (Wildman–Crippen MR) is 123 cm³/mol. The van der Waals surface area contributed by atoms with Crippen LogP contribution in [0.3, 0.4) is 0 Å². The van der Waals surface area contributed by atoms with E-state index in [4.69, 9.17) is 9.47 Å². The van der Waals surface area contributed by atoms with Crippen molar-refractivity contribution in [3.63, 3.8) is 0 Å². The van der Waals surface area contributed by atoms with Crippen LogP contribution in [0.2, 0.25) is 0 Å². The maximum atomic E-state index is 13.2. The van der Waals surface area contributed by atoms with Crippen LogP contribution in [-0.2, 0) is 11.2 Å². The van der Waals surface area contributed by atoms with E-state index in [1.807, 2.05) is 6.07 Å². The summed E-state index contributed by atoms with van der Waals surface area (Å²) in [6.07, 6.45) is 8.21. The zero-order chi connectivity index (χ0) is 22.7. The fourth-order valence-corrected chi connectivity index (χ4v) is 5.62. The number of piperidine rings is 1. The molecule has 3 aliphatic rings. The number of rotatable bonds is 7. The van der Waals surface area contributed by atoms with Gasteiger partial charge in [0.05, 0.1) is 20.9 Å². The molecule has 176 valence electrons. The maximum Gasteiger partial charge on any atom is 0.326 e. The molecule has 0 unspecified atom stereocenters. The first-order valence-electron chi connectivity index (χ1n) is 12.0. The van der Waals surface area contributed by atoms with Gasteiger partial charge in [0.1, 0.15) is 17.0 Å². The molecule has 2 aliphatic heterocycles. The summed E-state index contributed by atoms with van der Waals surface area (Å²) < 4.78 is 10.8. The molecule has 0 aromatic heterocycles. The lowest BCUT2D eigenvalue weighted by Crippen LogP contribution is -2.54. The van der Waals surface area contributed by atoms with Crippen molar-refractivity contribution in [3.8, 4) is 11.5 Å². The quantitative estimate of drug-likeness (QED) is 0.649. The van der Waals surface area contributed by atoms with Crippen LogP contribution in [-0.4, -0.2) is 61.3 Å². The molecule has 32 heavy (non-hydrogen) atoms. The second kappa shape index (κ2) is 9.69. The monoisotopic (exact) mass is 443 g/mol. The number of hydrogen-bond donors (Lipinski definition) is 1. The van der Waals surface area contributed by atoms with Gasteiger partial charge in [-0.2, -0.15) is 0 Å². The Kier molecular flexibility index (Phi) is 6.93. The first kappa shape index (κ1) is 22.9. The van der Waals surface area contributed by atoms with Crippen molar-refractivity contribution in [3.05, 3.63) is 23.8 Å². The van der Waals surface area contributed by atoms with Crippen LogP contribution >= 0.6 is 0 Å². The van der Waals surface area contributed by atoms with Crippen LogP contribution in [0.1, 0.15) is 57.4 Å². The SMILES string of the molecule is COc1cc(CCC2CCN(CN3C(=O)N[C@@]4(CCCC[C@@H]4C)C3=O)CC2)cc(OC)c1. The summed E-state index contributed by atoms with van der Waals surface area (Å²) in [5, 5.41) is 3.06. The minimum Gasteiger partial charge on any atom is -0.497 e. The van der Waals surface area contributed by atoms with Crippen molar-refractivity contribution < 1.29 is 19.1 Å². The Morgan fingerprint density at radius 3 is 2.34 bits per heavy atom. The second-order valence-corrected chi connectivity index (χ2v) is 9.74. The molecule has 7 heteroatoms. The number of carbonyl (C=O) groups excluding carboxylic acids is 2. The zero-order valence-electron chi connectivity index (χ0n) is 19.7. The van der Waals surface area contributed by atoms with Gasteiger partial charge < -0.3 is 14.8 Å². The summed E-state index contributed by atoms with van der Waals surface area (Å²) in [5.41, 5.74) is 0.570. The number of nitrogens with one attached hydrogen (secondary N) is 1. The lowest BCUT2D eigenvalue weighted by atomic mass is 9.73. The molecular weight excluding hydrogens is 406 g/mol. The average Bonchev–Trinajstić information content (AvgIpc) is 3.05. The van der Waals surface area contributed by atoms with Gasteiger partial charge in [-0.25, -0.2) is 9.69 Å². The van der Waals surface area contributed by atoms with E-state index in [1.54, 1.807) is 14.2 Å². The first-order chi connectivity index (χ1) is 15.4. The number of nitrogens with zero attached hydrogens (tertiary/aromatic N) is 2. The summed E-state index contributed by atoms with van der Waals surface area (Å²) in [7, 11) is 3.35. The van der Waals surface area contributed by atoms with Crippen molar-refractivity contribution in [1.82, 2.24) is 15.1 Å². The highest BCUT2D eigenvalue weighted by Crippen LogP contribution is 2.38. The summed E-state index contributed by atoms with van der Waals surface area (Å²) in [5.74, 6) is 2.50. The van der Waals surface area contributed by atoms with E-state index in [2.05, 4.69) is 29.3 Å². The predicted octanol–water partition coefficient (Wildman–Crippen LogP) is 3.81. The van der Waals surface area contributed by atoms with E-state index in [9.17, 15) is 9.59 Å². The fourth-order valence-electron chi connectivity index (χ4n) is 5.62. The lowest BCUT2D eigenvalue weighted by Gasteiger charge is -2.37. The molecule has 1 spiro atoms. The molecule has 1 aromatic carbocycles. The molecule has 3 fully saturated rings. The third kappa shape index (κ3) is 4.58. The normalized spacial score (nSPS) is 27.1. The molecule has 2 heterocycles. The highest BCUT2D eigenvalue weighted by molar-refractivity contribution is 6.07. The summed E-state index contributed by atoms with van der Waals surface area (Å²) >= 11 is 0. The molecule has 0 radical (unpaired) electrons. The summed E-state index contributed by atoms with van der Waals surface area (Å²) in [6.45, 7) is 4.36. The summed E-state index contributed by atoms with van der Waals surface area (Å²) in [6, 6.07) is 5.85. The Balaban J connectivity index is 1.27. The number of imide groups is 1. The van der Waals surface area contributed by atoms with Crippen LogP contribution in [0.25, 0.3) is 0 Å². The number of ether oxygens (including phenoxy) is 2. The van der Waals surface area contributed by atoms with E-state index >= 15 is 0 Å². The van der Waals surface area contributed by atoms with E-state index < -0.39 is 5.54 Å². The molecule has 2 atom stereocenters. The van der Waals surface area contributed by atoms with E-state index in [1.165, 1.54) is 10.5 Å². The Morgan fingerprint density at radius 1 is 1.03 bits per heavy atom. The molecular formula is C25H37N3O4. The average molecular weight is 444 g/mol. The van der Waals surface area contributed by atoms with Crippen molar-refractivity contribution >= 4 is 11.9 Å². The van der Waals surface area contributed by atoms with Crippen LogP contribution in [0, 0.1) is 11.8 Å². The van der Waals surface area contributed by atoms with E-state index in [-0.39, 0.29) is 17.9 Å².